The average molecular weight is 453 g/mol. The van der Waals surface area contributed by atoms with Crippen molar-refractivity contribution in [2.75, 3.05) is 44.8 Å². The van der Waals surface area contributed by atoms with E-state index >= 15 is 0 Å². The SMILES string of the molecule is COCCn1c(C)cc(O)c(C(c2cccnc2)N2CCN(c3ccc(F)cc3)CC2)c1=O. The fourth-order valence-electron chi connectivity index (χ4n) is 4.47. The smallest absolute Gasteiger partial charge is 0.259 e. The minimum absolute atomic E-state index is 0.0130. The highest BCUT2D eigenvalue weighted by atomic mass is 19.1. The van der Waals surface area contributed by atoms with E-state index in [1.165, 1.54) is 12.1 Å². The van der Waals surface area contributed by atoms with Crippen molar-refractivity contribution >= 4 is 5.69 Å². The van der Waals surface area contributed by atoms with Gasteiger partial charge in [0, 0.05) is 63.6 Å². The van der Waals surface area contributed by atoms with Gasteiger partial charge in [0.25, 0.3) is 5.56 Å². The van der Waals surface area contributed by atoms with Gasteiger partial charge in [-0.15, -0.1) is 0 Å². The lowest BCUT2D eigenvalue weighted by Gasteiger charge is -2.40. The molecule has 0 saturated carbocycles. The zero-order valence-electron chi connectivity index (χ0n) is 18.9. The maximum absolute atomic E-state index is 13.5. The number of aromatic nitrogens is 2. The van der Waals surface area contributed by atoms with Gasteiger partial charge in [0.15, 0.2) is 0 Å². The second-order valence-corrected chi connectivity index (χ2v) is 8.22. The molecule has 1 aliphatic heterocycles. The molecular weight excluding hydrogens is 423 g/mol. The molecule has 0 amide bonds. The molecule has 1 aliphatic rings. The quantitative estimate of drug-likeness (QED) is 0.595. The zero-order valence-corrected chi connectivity index (χ0v) is 18.9. The fraction of sp³-hybridized carbons (Fsp3) is 0.360. The average Bonchev–Trinajstić information content (AvgIpc) is 2.83. The van der Waals surface area contributed by atoms with Gasteiger partial charge in [0.05, 0.1) is 18.2 Å². The lowest BCUT2D eigenvalue weighted by molar-refractivity contribution is 0.183. The number of methoxy groups -OCH3 is 1. The Morgan fingerprint density at radius 2 is 1.88 bits per heavy atom. The Kier molecular flexibility index (Phi) is 7.05. The molecule has 0 bridgehead atoms. The Morgan fingerprint density at radius 3 is 2.52 bits per heavy atom. The Morgan fingerprint density at radius 1 is 1.15 bits per heavy atom. The molecule has 1 aromatic carbocycles. The second-order valence-electron chi connectivity index (χ2n) is 8.22. The minimum atomic E-state index is -0.434. The molecule has 33 heavy (non-hydrogen) atoms. The van der Waals surface area contributed by atoms with Crippen LogP contribution in [0.3, 0.4) is 0 Å². The topological polar surface area (TPSA) is 70.8 Å². The minimum Gasteiger partial charge on any atom is -0.507 e. The van der Waals surface area contributed by atoms with Gasteiger partial charge in [0.2, 0.25) is 0 Å². The number of piperazine rings is 1. The maximum atomic E-state index is 13.5. The van der Waals surface area contributed by atoms with E-state index in [2.05, 4.69) is 14.8 Å². The van der Waals surface area contributed by atoms with Crippen LogP contribution in [-0.4, -0.2) is 59.5 Å². The van der Waals surface area contributed by atoms with Gasteiger partial charge in [-0.25, -0.2) is 4.39 Å². The highest BCUT2D eigenvalue weighted by Crippen LogP contribution is 2.33. The first-order valence-corrected chi connectivity index (χ1v) is 11.1. The predicted molar refractivity (Wildman–Crippen MR) is 125 cm³/mol. The first-order valence-electron chi connectivity index (χ1n) is 11.1. The number of aromatic hydroxyl groups is 1. The number of benzene rings is 1. The number of aryl methyl sites for hydroxylation is 1. The van der Waals surface area contributed by atoms with Crippen molar-refractivity contribution in [3.8, 4) is 5.75 Å². The van der Waals surface area contributed by atoms with Crippen LogP contribution in [0.2, 0.25) is 0 Å². The molecule has 1 saturated heterocycles. The summed E-state index contributed by atoms with van der Waals surface area (Å²) in [6, 6.07) is 11.5. The predicted octanol–water partition coefficient (Wildman–Crippen LogP) is 2.95. The number of ether oxygens (including phenoxy) is 1. The molecule has 1 fully saturated rings. The van der Waals surface area contributed by atoms with E-state index in [1.807, 2.05) is 12.1 Å². The first kappa shape index (κ1) is 22.9. The van der Waals surface area contributed by atoms with E-state index in [9.17, 15) is 14.3 Å². The van der Waals surface area contributed by atoms with Gasteiger partial charge >= 0.3 is 0 Å². The molecule has 174 valence electrons. The van der Waals surface area contributed by atoms with Crippen molar-refractivity contribution in [2.24, 2.45) is 0 Å². The van der Waals surface area contributed by atoms with Crippen LogP contribution in [0.4, 0.5) is 10.1 Å². The van der Waals surface area contributed by atoms with Crippen molar-refractivity contribution in [3.05, 3.63) is 87.9 Å². The Hall–Kier alpha value is -3.23. The number of anilines is 1. The van der Waals surface area contributed by atoms with Gasteiger partial charge < -0.3 is 19.3 Å². The standard InChI is InChI=1S/C25H29FN4O3/c1-18-16-22(31)23(25(32)30(18)14-15-33-2)24(19-4-3-9-27-17-19)29-12-10-28(11-13-29)21-7-5-20(26)6-8-21/h3-9,16-17,24,31H,10-15H2,1-2H3. The van der Waals surface area contributed by atoms with E-state index in [4.69, 9.17) is 4.74 Å². The Balaban J connectivity index is 1.68. The second kappa shape index (κ2) is 10.1. The monoisotopic (exact) mass is 452 g/mol. The third kappa shape index (κ3) is 4.91. The molecule has 0 aliphatic carbocycles. The molecule has 3 aromatic rings. The molecule has 4 rings (SSSR count). The molecule has 8 heteroatoms. The van der Waals surface area contributed by atoms with Crippen LogP contribution in [-0.2, 0) is 11.3 Å². The fourth-order valence-corrected chi connectivity index (χ4v) is 4.47. The van der Waals surface area contributed by atoms with Crippen LogP contribution in [0, 0.1) is 12.7 Å². The van der Waals surface area contributed by atoms with Crippen LogP contribution in [0.1, 0.15) is 22.9 Å². The number of hydrogen-bond donors (Lipinski definition) is 1. The molecular formula is C25H29FN4O3. The molecule has 7 nitrogen and oxygen atoms in total. The van der Waals surface area contributed by atoms with Crippen molar-refractivity contribution < 1.29 is 14.2 Å². The summed E-state index contributed by atoms with van der Waals surface area (Å²) >= 11 is 0. The number of halogens is 1. The molecule has 3 heterocycles. The Bertz CT molecular complexity index is 1130. The van der Waals surface area contributed by atoms with E-state index < -0.39 is 6.04 Å². The normalized spacial score (nSPS) is 15.5. The summed E-state index contributed by atoms with van der Waals surface area (Å²) < 4.78 is 20.1. The van der Waals surface area contributed by atoms with Crippen molar-refractivity contribution in [3.63, 3.8) is 0 Å². The van der Waals surface area contributed by atoms with Gasteiger partial charge in [-0.2, -0.15) is 0 Å². The van der Waals surface area contributed by atoms with E-state index in [-0.39, 0.29) is 17.1 Å². The number of pyridine rings is 2. The van der Waals surface area contributed by atoms with Crippen molar-refractivity contribution in [1.82, 2.24) is 14.5 Å². The van der Waals surface area contributed by atoms with Crippen LogP contribution in [0.25, 0.3) is 0 Å². The van der Waals surface area contributed by atoms with E-state index in [1.54, 1.807) is 49.2 Å². The van der Waals surface area contributed by atoms with Crippen LogP contribution < -0.4 is 10.5 Å². The molecule has 0 spiro atoms. The van der Waals surface area contributed by atoms with Crippen molar-refractivity contribution in [1.29, 1.82) is 0 Å². The number of hydrogen-bond acceptors (Lipinski definition) is 6. The Labute approximate surface area is 192 Å². The maximum Gasteiger partial charge on any atom is 0.259 e. The van der Waals surface area contributed by atoms with Crippen LogP contribution in [0.15, 0.2) is 59.7 Å². The highest BCUT2D eigenvalue weighted by Gasteiger charge is 2.31. The number of rotatable bonds is 7. The molecule has 1 unspecified atom stereocenters. The van der Waals surface area contributed by atoms with Gasteiger partial charge in [-0.05, 0) is 48.9 Å². The van der Waals surface area contributed by atoms with Crippen LogP contribution in [0.5, 0.6) is 5.75 Å². The summed E-state index contributed by atoms with van der Waals surface area (Å²) in [6.07, 6.45) is 3.44. The van der Waals surface area contributed by atoms with Crippen LogP contribution >= 0.6 is 0 Å². The summed E-state index contributed by atoms with van der Waals surface area (Å²) in [7, 11) is 1.60. The molecule has 1 N–H and O–H groups in total. The van der Waals surface area contributed by atoms with E-state index in [0.717, 1.165) is 11.3 Å². The summed E-state index contributed by atoms with van der Waals surface area (Å²) in [6.45, 7) is 5.38. The first-order chi connectivity index (χ1) is 16.0. The largest absolute Gasteiger partial charge is 0.507 e. The summed E-state index contributed by atoms with van der Waals surface area (Å²) in [5, 5.41) is 10.9. The molecule has 0 radical (unpaired) electrons. The van der Waals surface area contributed by atoms with Gasteiger partial charge in [-0.1, -0.05) is 6.07 Å². The third-order valence-electron chi connectivity index (χ3n) is 6.19. The lowest BCUT2D eigenvalue weighted by Crippen LogP contribution is -2.49. The molecule has 1 atom stereocenters. The summed E-state index contributed by atoms with van der Waals surface area (Å²) in [4.78, 5) is 22.2. The van der Waals surface area contributed by atoms with Crippen molar-refractivity contribution in [2.45, 2.75) is 19.5 Å². The van der Waals surface area contributed by atoms with Gasteiger partial charge in [0.1, 0.15) is 11.6 Å². The zero-order chi connectivity index (χ0) is 23.4. The summed E-state index contributed by atoms with van der Waals surface area (Å²) in [5.74, 6) is -0.269. The van der Waals surface area contributed by atoms with Gasteiger partial charge in [-0.3, -0.25) is 14.7 Å². The van der Waals surface area contributed by atoms with E-state index in [0.29, 0.717) is 50.6 Å². The summed E-state index contributed by atoms with van der Waals surface area (Å²) in [5.41, 5.74) is 2.63. The lowest BCUT2D eigenvalue weighted by atomic mass is 9.97. The molecule has 2 aromatic heterocycles. The third-order valence-corrected chi connectivity index (χ3v) is 6.19. The number of nitrogens with zero attached hydrogens (tertiary/aromatic N) is 4. The highest BCUT2D eigenvalue weighted by molar-refractivity contribution is 5.47.